The zero-order valence-corrected chi connectivity index (χ0v) is 12.3. The van der Waals surface area contributed by atoms with Gasteiger partial charge in [0, 0.05) is 32.6 Å². The number of hydrogen-bond donors (Lipinski definition) is 2. The first-order valence-corrected chi connectivity index (χ1v) is 7.09. The number of ether oxygens (including phenoxy) is 2. The first kappa shape index (κ1) is 16.7. The van der Waals surface area contributed by atoms with E-state index in [2.05, 4.69) is 11.4 Å². The fraction of sp³-hybridized carbons (Fsp3) is 0.667. The molecule has 20 heavy (non-hydrogen) atoms. The Morgan fingerprint density at radius 2 is 2.35 bits per heavy atom. The molecule has 1 unspecified atom stereocenters. The molecule has 1 aliphatic carbocycles. The Labute approximate surface area is 120 Å². The van der Waals surface area contributed by atoms with E-state index in [9.17, 15) is 10.4 Å². The second kappa shape index (κ2) is 9.54. The zero-order valence-electron chi connectivity index (χ0n) is 12.3. The molecule has 1 rings (SSSR count). The Kier molecular flexibility index (Phi) is 7.97. The third-order valence-corrected chi connectivity index (χ3v) is 3.16. The lowest BCUT2D eigenvalue weighted by Crippen LogP contribution is -2.20. The van der Waals surface area contributed by atoms with Crippen LogP contribution in [0.25, 0.3) is 0 Å². The average Bonchev–Trinajstić information content (AvgIpc) is 2.45. The van der Waals surface area contributed by atoms with Gasteiger partial charge in [-0.05, 0) is 44.3 Å². The molecule has 0 saturated heterocycles. The van der Waals surface area contributed by atoms with Crippen LogP contribution in [0.1, 0.15) is 32.6 Å². The fourth-order valence-electron chi connectivity index (χ4n) is 2.17. The Hall–Kier alpha value is -1.35. The second-order valence-electron chi connectivity index (χ2n) is 4.65. The summed E-state index contributed by atoms with van der Waals surface area (Å²) in [5.41, 5.74) is 2.30. The Balaban J connectivity index is 2.70. The van der Waals surface area contributed by atoms with Gasteiger partial charge in [0.2, 0.25) is 0 Å². The van der Waals surface area contributed by atoms with Crippen LogP contribution in [0.4, 0.5) is 0 Å². The molecule has 0 aromatic rings. The zero-order chi connectivity index (χ0) is 14.8. The Morgan fingerprint density at radius 1 is 1.55 bits per heavy atom. The molecular weight excluding hydrogens is 256 g/mol. The SMILES string of the molecule is CCOC(O)/C(C#N)=C1\C=C(NCCCOC)CCC1. The van der Waals surface area contributed by atoms with Gasteiger partial charge in [0.25, 0.3) is 0 Å². The molecule has 1 atom stereocenters. The van der Waals surface area contributed by atoms with E-state index < -0.39 is 6.29 Å². The summed E-state index contributed by atoms with van der Waals surface area (Å²) in [5, 5.41) is 22.4. The molecule has 0 aromatic carbocycles. The van der Waals surface area contributed by atoms with Gasteiger partial charge in [0.05, 0.1) is 5.57 Å². The molecular formula is C15H24N2O3. The lowest BCUT2D eigenvalue weighted by atomic mass is 9.95. The molecule has 0 bridgehead atoms. The number of nitrogens with one attached hydrogen (secondary N) is 1. The Morgan fingerprint density at radius 3 is 3.00 bits per heavy atom. The minimum atomic E-state index is -1.12. The number of methoxy groups -OCH3 is 1. The van der Waals surface area contributed by atoms with Crippen molar-refractivity contribution in [2.75, 3.05) is 26.9 Å². The topological polar surface area (TPSA) is 74.5 Å². The molecule has 0 saturated carbocycles. The van der Waals surface area contributed by atoms with Crippen molar-refractivity contribution in [3.05, 3.63) is 22.9 Å². The van der Waals surface area contributed by atoms with Gasteiger partial charge in [-0.25, -0.2) is 0 Å². The van der Waals surface area contributed by atoms with E-state index in [0.717, 1.165) is 50.1 Å². The van der Waals surface area contributed by atoms with Gasteiger partial charge in [-0.3, -0.25) is 0 Å². The highest BCUT2D eigenvalue weighted by molar-refractivity contribution is 5.39. The molecule has 112 valence electrons. The van der Waals surface area contributed by atoms with E-state index in [-0.39, 0.29) is 0 Å². The van der Waals surface area contributed by atoms with Gasteiger partial charge >= 0.3 is 0 Å². The third kappa shape index (κ3) is 5.33. The van der Waals surface area contributed by atoms with Crippen LogP contribution in [-0.2, 0) is 9.47 Å². The lowest BCUT2D eigenvalue weighted by Gasteiger charge is -2.20. The number of nitrogens with zero attached hydrogens (tertiary/aromatic N) is 1. The normalized spacial score (nSPS) is 19.0. The predicted molar refractivity (Wildman–Crippen MR) is 76.7 cm³/mol. The maximum absolute atomic E-state index is 9.82. The Bertz CT molecular complexity index is 396. The average molecular weight is 280 g/mol. The van der Waals surface area contributed by atoms with Crippen molar-refractivity contribution in [2.24, 2.45) is 0 Å². The van der Waals surface area contributed by atoms with Gasteiger partial charge in [-0.1, -0.05) is 0 Å². The first-order chi connectivity index (χ1) is 9.72. The minimum absolute atomic E-state index is 0.322. The number of allylic oxidation sites excluding steroid dienone is 3. The summed E-state index contributed by atoms with van der Waals surface area (Å²) < 4.78 is 10.1. The largest absolute Gasteiger partial charge is 0.388 e. The van der Waals surface area contributed by atoms with E-state index in [4.69, 9.17) is 9.47 Å². The summed E-state index contributed by atoms with van der Waals surface area (Å²) >= 11 is 0. The highest BCUT2D eigenvalue weighted by Crippen LogP contribution is 2.25. The van der Waals surface area contributed by atoms with E-state index in [0.29, 0.717) is 12.2 Å². The summed E-state index contributed by atoms with van der Waals surface area (Å²) in [6.45, 7) is 3.76. The molecule has 0 aliphatic heterocycles. The van der Waals surface area contributed by atoms with Crippen molar-refractivity contribution in [3.8, 4) is 6.07 Å². The highest BCUT2D eigenvalue weighted by Gasteiger charge is 2.18. The molecule has 0 fully saturated rings. The van der Waals surface area contributed by atoms with E-state index in [1.54, 1.807) is 14.0 Å². The van der Waals surface area contributed by atoms with Crippen molar-refractivity contribution < 1.29 is 14.6 Å². The summed E-state index contributed by atoms with van der Waals surface area (Å²) in [4.78, 5) is 0. The summed E-state index contributed by atoms with van der Waals surface area (Å²) in [5.74, 6) is 0. The number of nitriles is 1. The van der Waals surface area contributed by atoms with Gasteiger partial charge in [-0.15, -0.1) is 0 Å². The van der Waals surface area contributed by atoms with E-state index in [1.807, 2.05) is 6.08 Å². The van der Waals surface area contributed by atoms with E-state index in [1.165, 1.54) is 0 Å². The van der Waals surface area contributed by atoms with Crippen LogP contribution < -0.4 is 5.32 Å². The fourth-order valence-corrected chi connectivity index (χ4v) is 2.17. The highest BCUT2D eigenvalue weighted by atomic mass is 16.6. The molecule has 0 aromatic heterocycles. The van der Waals surface area contributed by atoms with Crippen molar-refractivity contribution in [2.45, 2.75) is 38.9 Å². The van der Waals surface area contributed by atoms with Crippen molar-refractivity contribution in [3.63, 3.8) is 0 Å². The first-order valence-electron chi connectivity index (χ1n) is 7.09. The van der Waals surface area contributed by atoms with Gasteiger partial charge in [0.15, 0.2) is 6.29 Å². The molecule has 0 amide bonds. The quantitative estimate of drug-likeness (QED) is 0.403. The van der Waals surface area contributed by atoms with Crippen LogP contribution in [-0.4, -0.2) is 38.3 Å². The maximum Gasteiger partial charge on any atom is 0.191 e. The molecule has 5 heteroatoms. The van der Waals surface area contributed by atoms with Crippen LogP contribution in [0.5, 0.6) is 0 Å². The maximum atomic E-state index is 9.82. The third-order valence-electron chi connectivity index (χ3n) is 3.16. The summed E-state index contributed by atoms with van der Waals surface area (Å²) in [6.07, 6.45) is 4.54. The van der Waals surface area contributed by atoms with Crippen LogP contribution in [0, 0.1) is 11.3 Å². The lowest BCUT2D eigenvalue weighted by molar-refractivity contribution is -0.0646. The molecule has 5 nitrogen and oxygen atoms in total. The molecule has 1 aliphatic rings. The van der Waals surface area contributed by atoms with E-state index >= 15 is 0 Å². The number of hydrogen-bond acceptors (Lipinski definition) is 5. The van der Waals surface area contributed by atoms with Gasteiger partial charge < -0.3 is 19.9 Å². The minimum Gasteiger partial charge on any atom is -0.388 e. The summed E-state index contributed by atoms with van der Waals surface area (Å²) in [6, 6.07) is 2.07. The van der Waals surface area contributed by atoms with Crippen molar-refractivity contribution >= 4 is 0 Å². The second-order valence-corrected chi connectivity index (χ2v) is 4.65. The number of aliphatic hydroxyl groups excluding tert-OH is 1. The molecule has 0 radical (unpaired) electrons. The molecule has 2 N–H and O–H groups in total. The number of aliphatic hydroxyl groups is 1. The van der Waals surface area contributed by atoms with Crippen LogP contribution >= 0.6 is 0 Å². The van der Waals surface area contributed by atoms with Crippen molar-refractivity contribution in [1.82, 2.24) is 5.32 Å². The monoisotopic (exact) mass is 280 g/mol. The summed E-state index contributed by atoms with van der Waals surface area (Å²) in [7, 11) is 1.69. The number of rotatable bonds is 8. The standard InChI is InChI=1S/C15H24N2O3/c1-3-20-15(18)14(11-16)12-6-4-7-13(10-12)17-8-5-9-19-2/h10,15,17-18H,3-9H2,1-2H3/b14-12-. The van der Waals surface area contributed by atoms with Gasteiger partial charge in [0.1, 0.15) is 6.07 Å². The van der Waals surface area contributed by atoms with Crippen LogP contribution in [0.3, 0.4) is 0 Å². The molecule has 0 heterocycles. The van der Waals surface area contributed by atoms with Crippen LogP contribution in [0.2, 0.25) is 0 Å². The molecule has 0 spiro atoms. The van der Waals surface area contributed by atoms with Gasteiger partial charge in [-0.2, -0.15) is 5.26 Å². The van der Waals surface area contributed by atoms with Crippen molar-refractivity contribution in [1.29, 1.82) is 5.26 Å². The van der Waals surface area contributed by atoms with Crippen LogP contribution in [0.15, 0.2) is 22.9 Å². The smallest absolute Gasteiger partial charge is 0.191 e. The predicted octanol–water partition coefficient (Wildman–Crippen LogP) is 1.86.